The molecule has 1 amide bonds. The van der Waals surface area contributed by atoms with Gasteiger partial charge >= 0.3 is 5.97 Å². The third-order valence-electron chi connectivity index (χ3n) is 8.32. The van der Waals surface area contributed by atoms with Crippen LogP contribution in [-0.2, 0) is 27.3 Å². The number of carboxylic acids is 1. The first kappa shape index (κ1) is 29.4. The summed E-state index contributed by atoms with van der Waals surface area (Å²) in [7, 11) is 1.58. The summed E-state index contributed by atoms with van der Waals surface area (Å²) in [6.07, 6.45) is 4.58. The molecule has 2 aromatic heterocycles. The van der Waals surface area contributed by atoms with Gasteiger partial charge in [-0.15, -0.1) is 0 Å². The number of carboxylic acid groups (broad SMARTS) is 1. The molecule has 3 heterocycles. The van der Waals surface area contributed by atoms with Crippen molar-refractivity contribution < 1.29 is 32.6 Å². The largest absolute Gasteiger partial charge is 0.481 e. The average Bonchev–Trinajstić information content (AvgIpc) is 3.72. The molecule has 1 atom stereocenters. The van der Waals surface area contributed by atoms with Gasteiger partial charge in [-0.3, -0.25) is 14.1 Å². The van der Waals surface area contributed by atoms with Crippen molar-refractivity contribution >= 4 is 34.2 Å². The van der Waals surface area contributed by atoms with E-state index in [-0.39, 0.29) is 30.2 Å². The van der Waals surface area contributed by atoms with E-state index in [9.17, 15) is 23.5 Å². The average molecular weight is 584 g/mol. The normalized spacial score (nSPS) is 17.6. The van der Waals surface area contributed by atoms with Crippen LogP contribution >= 0.6 is 0 Å². The second kappa shape index (κ2) is 12.4. The number of ether oxygens (including phenoxy) is 1. The number of nitrogens with one attached hydrogen (secondary N) is 1. The number of nitrogens with zero attached hydrogens (tertiary/aromatic N) is 2. The molecule has 0 radical (unpaired) electrons. The van der Waals surface area contributed by atoms with Gasteiger partial charge in [-0.1, -0.05) is 29.8 Å². The van der Waals surface area contributed by atoms with E-state index in [2.05, 4.69) is 5.32 Å². The van der Waals surface area contributed by atoms with E-state index in [0.29, 0.717) is 73.6 Å². The summed E-state index contributed by atoms with van der Waals surface area (Å²) in [5, 5.41) is 12.8. The van der Waals surface area contributed by atoms with Gasteiger partial charge in [-0.2, -0.15) is 4.31 Å². The molecule has 1 saturated carbocycles. The minimum Gasteiger partial charge on any atom is -0.481 e. The number of aliphatic carboxylic acids is 1. The van der Waals surface area contributed by atoms with Gasteiger partial charge in [0.15, 0.2) is 0 Å². The van der Waals surface area contributed by atoms with E-state index in [4.69, 9.17) is 14.1 Å². The lowest BCUT2D eigenvalue weighted by molar-refractivity contribution is -0.141. The minimum atomic E-state index is -2.25. The number of amides is 1. The Labute approximate surface area is 241 Å². The third kappa shape index (κ3) is 6.69. The summed E-state index contributed by atoms with van der Waals surface area (Å²) in [5.74, 6) is -0.390. The van der Waals surface area contributed by atoms with Crippen molar-refractivity contribution in [2.24, 2.45) is 5.41 Å². The van der Waals surface area contributed by atoms with Crippen LogP contribution < -0.4 is 5.32 Å². The van der Waals surface area contributed by atoms with Crippen LogP contribution in [0.3, 0.4) is 0 Å². The second-order valence-corrected chi connectivity index (χ2v) is 12.3. The fraction of sp³-hybridized carbons (Fsp3) is 0.500. The van der Waals surface area contributed by atoms with Gasteiger partial charge in [0.05, 0.1) is 29.6 Å². The Morgan fingerprint density at radius 2 is 1.90 bits per heavy atom. The van der Waals surface area contributed by atoms with Gasteiger partial charge in [0.2, 0.25) is 17.0 Å². The number of carbonyl (C=O) groups is 2. The summed E-state index contributed by atoms with van der Waals surface area (Å²) >= 11 is -2.25. The van der Waals surface area contributed by atoms with Crippen molar-refractivity contribution in [1.29, 1.82) is 0 Å². The molecule has 220 valence electrons. The molecule has 5 rings (SSSR count). The zero-order chi connectivity index (χ0) is 29.1. The summed E-state index contributed by atoms with van der Waals surface area (Å²) in [6.45, 7) is 3.50. The van der Waals surface area contributed by atoms with Crippen LogP contribution in [0.25, 0.3) is 22.4 Å². The highest BCUT2D eigenvalue weighted by Gasteiger charge is 2.35. The van der Waals surface area contributed by atoms with E-state index in [0.717, 1.165) is 29.5 Å². The molecule has 3 aromatic rings. The molecule has 1 aliphatic heterocycles. The summed E-state index contributed by atoms with van der Waals surface area (Å²) in [5.41, 5.74) is 3.84. The van der Waals surface area contributed by atoms with Gasteiger partial charge in [0.1, 0.15) is 5.76 Å². The lowest BCUT2D eigenvalue weighted by Crippen LogP contribution is -2.34. The number of pyridine rings is 1. The fourth-order valence-corrected chi connectivity index (χ4v) is 6.38. The number of hydrogen-bond acceptors (Lipinski definition) is 6. The monoisotopic (exact) mass is 583 g/mol. The highest BCUT2D eigenvalue weighted by molar-refractivity contribution is 7.76. The molecule has 0 bridgehead atoms. The number of benzene rings is 1. The number of carbonyl (C=O) groups excluding carboxylic acids is 1. The Bertz CT molecular complexity index is 1440. The molecular formula is C30H37N3O7S. The lowest BCUT2D eigenvalue weighted by Gasteiger charge is -2.36. The Hall–Kier alpha value is -3.12. The second-order valence-electron chi connectivity index (χ2n) is 11.3. The highest BCUT2D eigenvalue weighted by Crippen LogP contribution is 2.44. The molecule has 1 unspecified atom stereocenters. The first-order chi connectivity index (χ1) is 19.7. The van der Waals surface area contributed by atoms with Gasteiger partial charge in [-0.25, -0.2) is 9.19 Å². The van der Waals surface area contributed by atoms with E-state index in [1.165, 1.54) is 4.31 Å². The van der Waals surface area contributed by atoms with Crippen molar-refractivity contribution in [3.8, 4) is 11.3 Å². The minimum absolute atomic E-state index is 0.0676. The fourth-order valence-electron chi connectivity index (χ4n) is 5.86. The Morgan fingerprint density at radius 1 is 1.20 bits per heavy atom. The van der Waals surface area contributed by atoms with E-state index in [1.807, 2.05) is 37.3 Å². The predicted octanol–water partition coefficient (Wildman–Crippen LogP) is 5.03. The topological polar surface area (TPSA) is 142 Å². The maximum Gasteiger partial charge on any atom is 0.303 e. The maximum atomic E-state index is 13.0. The number of aromatic nitrogens is 1. The number of fused-ring (bicyclic) bond motifs is 1. The molecule has 0 spiro atoms. The highest BCUT2D eigenvalue weighted by atomic mass is 32.2. The lowest BCUT2D eigenvalue weighted by atomic mass is 9.74. The molecule has 2 aliphatic rings. The van der Waals surface area contributed by atoms with E-state index >= 15 is 0 Å². The first-order valence-electron chi connectivity index (χ1n) is 14.1. The number of hydrogen-bond donors (Lipinski definition) is 3. The number of furan rings is 1. The molecule has 1 saturated heterocycles. The molecule has 3 N–H and O–H groups in total. The molecular weight excluding hydrogens is 546 g/mol. The molecule has 2 fully saturated rings. The van der Waals surface area contributed by atoms with Crippen molar-refractivity contribution in [1.82, 2.24) is 14.6 Å². The first-order valence-corrected chi connectivity index (χ1v) is 15.2. The Morgan fingerprint density at radius 3 is 2.51 bits per heavy atom. The van der Waals surface area contributed by atoms with Gasteiger partial charge < -0.3 is 19.6 Å². The van der Waals surface area contributed by atoms with E-state index < -0.39 is 17.2 Å². The van der Waals surface area contributed by atoms with Crippen LogP contribution in [0.1, 0.15) is 78.0 Å². The van der Waals surface area contributed by atoms with Crippen LogP contribution in [0.15, 0.2) is 34.7 Å². The molecule has 41 heavy (non-hydrogen) atoms. The molecule has 1 aromatic carbocycles. The zero-order valence-corrected chi connectivity index (χ0v) is 24.3. The van der Waals surface area contributed by atoms with Crippen molar-refractivity contribution in [3.63, 3.8) is 0 Å². The standard InChI is InChI=1S/C30H37N3O7S/c1-19-4-6-21(7-5-19)27-26(28(36)31-2)23-16-22(20-8-9-20)24(32-29(23)40-27)18-33(41(37)38)13-3-10-30(17-25(34)35)11-14-39-15-12-30/h4-7,16,20H,3,8-15,17-18H2,1-2H3,(H,31,36)(H,34,35)(H,37,38). The molecule has 11 heteroatoms. The number of aryl methyl sites for hydroxylation is 1. The predicted molar refractivity (Wildman–Crippen MR) is 155 cm³/mol. The summed E-state index contributed by atoms with van der Waals surface area (Å²) in [6, 6.07) is 9.70. The van der Waals surface area contributed by atoms with Crippen LogP contribution in [-0.4, -0.2) is 61.8 Å². The van der Waals surface area contributed by atoms with Crippen LogP contribution in [0, 0.1) is 12.3 Å². The van der Waals surface area contributed by atoms with Crippen LogP contribution in [0.2, 0.25) is 0 Å². The SMILES string of the molecule is CNC(=O)c1c(-c2ccc(C)cc2)oc2nc(CN(CCCC3(CC(=O)O)CCOCC3)S(=O)O)c(C3CC3)cc12. The molecule has 10 nitrogen and oxygen atoms in total. The Kier molecular flexibility index (Phi) is 8.88. The van der Waals surface area contributed by atoms with Gasteiger partial charge in [-0.05, 0) is 68.4 Å². The number of rotatable bonds is 12. The van der Waals surface area contributed by atoms with Crippen LogP contribution in [0.4, 0.5) is 0 Å². The Balaban J connectivity index is 1.44. The molecule has 1 aliphatic carbocycles. The summed E-state index contributed by atoms with van der Waals surface area (Å²) < 4.78 is 35.7. The van der Waals surface area contributed by atoms with Crippen molar-refractivity contribution in [3.05, 3.63) is 52.7 Å². The van der Waals surface area contributed by atoms with Gasteiger partial charge in [0.25, 0.3) is 5.91 Å². The van der Waals surface area contributed by atoms with Crippen LogP contribution in [0.5, 0.6) is 0 Å². The maximum absolute atomic E-state index is 13.0. The quantitative estimate of drug-likeness (QED) is 0.252. The zero-order valence-electron chi connectivity index (χ0n) is 23.5. The third-order valence-corrected chi connectivity index (χ3v) is 9.07. The van der Waals surface area contributed by atoms with Crippen molar-refractivity contribution in [2.75, 3.05) is 26.8 Å². The smallest absolute Gasteiger partial charge is 0.303 e. The van der Waals surface area contributed by atoms with E-state index in [1.54, 1.807) is 7.05 Å². The summed E-state index contributed by atoms with van der Waals surface area (Å²) in [4.78, 5) is 29.4. The van der Waals surface area contributed by atoms with Gasteiger partial charge in [0, 0.05) is 32.4 Å². The van der Waals surface area contributed by atoms with Crippen molar-refractivity contribution in [2.45, 2.75) is 64.3 Å².